The van der Waals surface area contributed by atoms with Crippen molar-refractivity contribution in [3.8, 4) is 0 Å². The molecule has 1 aliphatic rings. The van der Waals surface area contributed by atoms with Crippen molar-refractivity contribution in [1.82, 2.24) is 5.32 Å². The Hall–Kier alpha value is -0.490. The summed E-state index contributed by atoms with van der Waals surface area (Å²) in [6.07, 6.45) is 2.14. The molecule has 1 fully saturated rings. The summed E-state index contributed by atoms with van der Waals surface area (Å²) in [6.45, 7) is 4.05. The SMILES string of the molecule is CC1(CNC(CN)c2cc(F)ccc2Br)CCCO1. The number of nitrogens with two attached hydrogens (primary N) is 1. The number of benzene rings is 1. The van der Waals surface area contributed by atoms with Crippen molar-refractivity contribution in [2.45, 2.75) is 31.4 Å². The molecule has 0 amide bonds. The molecule has 106 valence electrons. The molecule has 1 aromatic rings. The minimum Gasteiger partial charge on any atom is -0.374 e. The van der Waals surface area contributed by atoms with E-state index in [0.29, 0.717) is 6.54 Å². The van der Waals surface area contributed by atoms with Gasteiger partial charge in [-0.1, -0.05) is 15.9 Å². The van der Waals surface area contributed by atoms with E-state index in [1.54, 1.807) is 6.07 Å². The second kappa shape index (κ2) is 6.31. The van der Waals surface area contributed by atoms with Crippen LogP contribution in [0.4, 0.5) is 4.39 Å². The Kier molecular flexibility index (Phi) is 4.95. The van der Waals surface area contributed by atoms with Crippen LogP contribution in [0.15, 0.2) is 22.7 Å². The molecule has 3 nitrogen and oxygen atoms in total. The lowest BCUT2D eigenvalue weighted by Gasteiger charge is -2.27. The summed E-state index contributed by atoms with van der Waals surface area (Å²) >= 11 is 3.45. The van der Waals surface area contributed by atoms with Crippen LogP contribution in [0.5, 0.6) is 0 Å². The van der Waals surface area contributed by atoms with Crippen molar-refractivity contribution in [3.63, 3.8) is 0 Å². The Morgan fingerprint density at radius 2 is 2.37 bits per heavy atom. The van der Waals surface area contributed by atoms with Gasteiger partial charge in [0.25, 0.3) is 0 Å². The van der Waals surface area contributed by atoms with E-state index in [-0.39, 0.29) is 17.5 Å². The van der Waals surface area contributed by atoms with E-state index in [0.717, 1.165) is 36.0 Å². The fourth-order valence-corrected chi connectivity index (χ4v) is 2.94. The molecule has 1 aliphatic heterocycles. The van der Waals surface area contributed by atoms with Crippen LogP contribution in [0.2, 0.25) is 0 Å². The van der Waals surface area contributed by atoms with Gasteiger partial charge in [0.1, 0.15) is 5.82 Å². The number of halogens is 2. The molecule has 1 aromatic carbocycles. The van der Waals surface area contributed by atoms with Crippen molar-refractivity contribution >= 4 is 15.9 Å². The predicted octanol–water partition coefficient (Wildman–Crippen LogP) is 2.75. The molecule has 0 aliphatic carbocycles. The molecule has 0 saturated carbocycles. The summed E-state index contributed by atoms with van der Waals surface area (Å²) < 4.78 is 20.0. The van der Waals surface area contributed by atoms with Gasteiger partial charge in [-0.3, -0.25) is 0 Å². The maximum absolute atomic E-state index is 13.3. The first kappa shape index (κ1) is 14.9. The van der Waals surface area contributed by atoms with Crippen LogP contribution in [-0.4, -0.2) is 25.3 Å². The first-order chi connectivity index (χ1) is 9.04. The number of hydrogen-bond acceptors (Lipinski definition) is 3. The van der Waals surface area contributed by atoms with Crippen LogP contribution in [0.3, 0.4) is 0 Å². The maximum Gasteiger partial charge on any atom is 0.123 e. The molecule has 0 radical (unpaired) electrons. The van der Waals surface area contributed by atoms with E-state index in [9.17, 15) is 4.39 Å². The average Bonchev–Trinajstić information content (AvgIpc) is 2.81. The molecule has 2 atom stereocenters. The molecular weight excluding hydrogens is 311 g/mol. The van der Waals surface area contributed by atoms with Crippen LogP contribution in [0.1, 0.15) is 31.4 Å². The van der Waals surface area contributed by atoms with Gasteiger partial charge in [-0.2, -0.15) is 0 Å². The molecule has 3 N–H and O–H groups in total. The Labute approximate surface area is 121 Å². The zero-order valence-corrected chi connectivity index (χ0v) is 12.7. The van der Waals surface area contributed by atoms with Gasteiger partial charge in [-0.05, 0) is 43.5 Å². The van der Waals surface area contributed by atoms with Gasteiger partial charge < -0.3 is 15.8 Å². The van der Waals surface area contributed by atoms with E-state index in [1.165, 1.54) is 12.1 Å². The first-order valence-corrected chi connectivity index (χ1v) is 7.36. The van der Waals surface area contributed by atoms with Crippen molar-refractivity contribution in [2.75, 3.05) is 19.7 Å². The summed E-state index contributed by atoms with van der Waals surface area (Å²) in [5.41, 5.74) is 6.52. The Bertz CT molecular complexity index is 435. The summed E-state index contributed by atoms with van der Waals surface area (Å²) in [5.74, 6) is -0.248. The molecule has 2 unspecified atom stereocenters. The topological polar surface area (TPSA) is 47.3 Å². The lowest BCUT2D eigenvalue weighted by molar-refractivity contribution is 0.0189. The van der Waals surface area contributed by atoms with E-state index in [4.69, 9.17) is 10.5 Å². The van der Waals surface area contributed by atoms with Gasteiger partial charge in [0.15, 0.2) is 0 Å². The normalized spacial score (nSPS) is 24.6. The highest BCUT2D eigenvalue weighted by molar-refractivity contribution is 9.10. The molecule has 0 aromatic heterocycles. The highest BCUT2D eigenvalue weighted by Crippen LogP contribution is 2.27. The quantitative estimate of drug-likeness (QED) is 0.872. The second-order valence-corrected chi connectivity index (χ2v) is 6.09. The second-order valence-electron chi connectivity index (χ2n) is 5.24. The minimum absolute atomic E-state index is 0.0777. The van der Waals surface area contributed by atoms with Gasteiger partial charge in [0, 0.05) is 30.2 Å². The molecule has 1 saturated heterocycles. The number of rotatable bonds is 5. The van der Waals surface area contributed by atoms with Crippen molar-refractivity contribution < 1.29 is 9.13 Å². The van der Waals surface area contributed by atoms with Gasteiger partial charge >= 0.3 is 0 Å². The van der Waals surface area contributed by atoms with E-state index in [1.807, 2.05) is 0 Å². The summed E-state index contributed by atoms with van der Waals surface area (Å²) in [4.78, 5) is 0. The van der Waals surface area contributed by atoms with Crippen LogP contribution in [-0.2, 0) is 4.74 Å². The van der Waals surface area contributed by atoms with Crippen LogP contribution < -0.4 is 11.1 Å². The maximum atomic E-state index is 13.3. The highest BCUT2D eigenvalue weighted by Gasteiger charge is 2.30. The largest absolute Gasteiger partial charge is 0.374 e. The van der Waals surface area contributed by atoms with Gasteiger partial charge in [0.05, 0.1) is 5.60 Å². The number of ether oxygens (including phenoxy) is 1. The average molecular weight is 331 g/mol. The zero-order valence-electron chi connectivity index (χ0n) is 11.1. The van der Waals surface area contributed by atoms with Crippen molar-refractivity contribution in [3.05, 3.63) is 34.1 Å². The van der Waals surface area contributed by atoms with E-state index < -0.39 is 0 Å². The highest BCUT2D eigenvalue weighted by atomic mass is 79.9. The first-order valence-electron chi connectivity index (χ1n) is 6.56. The predicted molar refractivity (Wildman–Crippen MR) is 77.5 cm³/mol. The van der Waals surface area contributed by atoms with Crippen molar-refractivity contribution in [1.29, 1.82) is 0 Å². The third kappa shape index (κ3) is 3.75. The Balaban J connectivity index is 2.05. The number of nitrogens with one attached hydrogen (secondary N) is 1. The molecule has 1 heterocycles. The summed E-state index contributed by atoms with van der Waals surface area (Å²) in [7, 11) is 0. The fraction of sp³-hybridized carbons (Fsp3) is 0.571. The molecule has 19 heavy (non-hydrogen) atoms. The lowest BCUT2D eigenvalue weighted by Crippen LogP contribution is -2.41. The Morgan fingerprint density at radius 3 is 3.00 bits per heavy atom. The monoisotopic (exact) mass is 330 g/mol. The van der Waals surface area contributed by atoms with Gasteiger partial charge in [-0.15, -0.1) is 0 Å². The minimum atomic E-state index is -0.248. The third-order valence-corrected chi connectivity index (χ3v) is 4.31. The number of hydrogen-bond donors (Lipinski definition) is 2. The van der Waals surface area contributed by atoms with E-state index in [2.05, 4.69) is 28.2 Å². The van der Waals surface area contributed by atoms with E-state index >= 15 is 0 Å². The molecule has 0 bridgehead atoms. The zero-order chi connectivity index (χ0) is 13.9. The van der Waals surface area contributed by atoms with Crippen LogP contribution in [0.25, 0.3) is 0 Å². The Morgan fingerprint density at radius 1 is 1.58 bits per heavy atom. The molecule has 0 spiro atoms. The fourth-order valence-electron chi connectivity index (χ4n) is 2.42. The van der Waals surface area contributed by atoms with Gasteiger partial charge in [-0.25, -0.2) is 4.39 Å². The van der Waals surface area contributed by atoms with Gasteiger partial charge in [0.2, 0.25) is 0 Å². The smallest absolute Gasteiger partial charge is 0.123 e. The van der Waals surface area contributed by atoms with Crippen LogP contribution >= 0.6 is 15.9 Å². The van der Waals surface area contributed by atoms with Crippen molar-refractivity contribution in [2.24, 2.45) is 5.73 Å². The molecular formula is C14H20BrFN2O. The van der Waals surface area contributed by atoms with Crippen LogP contribution in [0, 0.1) is 5.82 Å². The standard InChI is InChI=1S/C14H20BrFN2O/c1-14(5-2-6-19-14)9-18-13(8-17)11-7-10(16)3-4-12(11)15/h3-4,7,13,18H,2,5-6,8-9,17H2,1H3. The molecule has 2 rings (SSSR count). The summed E-state index contributed by atoms with van der Waals surface area (Å²) in [6, 6.07) is 4.59. The molecule has 5 heteroatoms. The third-order valence-electron chi connectivity index (χ3n) is 3.59. The summed E-state index contributed by atoms with van der Waals surface area (Å²) in [5, 5.41) is 3.39. The lowest BCUT2D eigenvalue weighted by atomic mass is 10.0.